The fourth-order valence-electron chi connectivity index (χ4n) is 4.66. The van der Waals surface area contributed by atoms with E-state index in [1.807, 2.05) is 19.9 Å². The van der Waals surface area contributed by atoms with Crippen molar-refractivity contribution < 1.29 is 19.4 Å². The minimum Gasteiger partial charge on any atom is -0.508 e. The Morgan fingerprint density at radius 3 is 2.35 bits per heavy atom. The Labute approximate surface area is 216 Å². The average Bonchev–Trinajstić information content (AvgIpc) is 3.29. The molecule has 3 aromatic rings. The molecule has 1 aliphatic heterocycles. The van der Waals surface area contributed by atoms with Gasteiger partial charge in [0.05, 0.1) is 11.3 Å². The summed E-state index contributed by atoms with van der Waals surface area (Å²) < 4.78 is 17.0. The van der Waals surface area contributed by atoms with Crippen molar-refractivity contribution in [3.63, 3.8) is 0 Å². The molecule has 0 radical (unpaired) electrons. The van der Waals surface area contributed by atoms with Gasteiger partial charge in [-0.1, -0.05) is 26.8 Å². The number of phenols is 2. The van der Waals surface area contributed by atoms with Crippen molar-refractivity contribution >= 4 is 5.91 Å². The van der Waals surface area contributed by atoms with E-state index in [9.17, 15) is 15.0 Å². The number of rotatable bonds is 8. The molecule has 0 aliphatic carbocycles. The quantitative estimate of drug-likeness (QED) is 0.426. The molecule has 2 heterocycles. The molecule has 1 aromatic heterocycles. The topological polar surface area (TPSA) is 107 Å². The van der Waals surface area contributed by atoms with Crippen LogP contribution in [-0.4, -0.2) is 80.0 Å². The number of aromatic hydroxyl groups is 2. The first-order valence-corrected chi connectivity index (χ1v) is 12.8. The van der Waals surface area contributed by atoms with Gasteiger partial charge in [-0.2, -0.15) is 0 Å². The number of nitrogens with one attached hydrogen (secondary N) is 1. The van der Waals surface area contributed by atoms with E-state index in [1.165, 1.54) is 16.7 Å². The van der Waals surface area contributed by atoms with Gasteiger partial charge in [0, 0.05) is 45.3 Å². The number of piperazine rings is 1. The fraction of sp³-hybridized carbons (Fsp3) is 0.444. The largest absolute Gasteiger partial charge is 0.508 e. The maximum Gasteiger partial charge on any atom is 0.289 e. The van der Waals surface area contributed by atoms with Crippen molar-refractivity contribution in [1.29, 1.82) is 0 Å². The first-order chi connectivity index (χ1) is 17.7. The van der Waals surface area contributed by atoms with Crippen LogP contribution >= 0.6 is 0 Å². The maximum atomic E-state index is 15.6. The Morgan fingerprint density at radius 1 is 1.03 bits per heavy atom. The van der Waals surface area contributed by atoms with Crippen LogP contribution in [0.1, 0.15) is 55.4 Å². The van der Waals surface area contributed by atoms with Crippen LogP contribution in [0.15, 0.2) is 30.3 Å². The maximum absolute atomic E-state index is 15.6. The van der Waals surface area contributed by atoms with E-state index in [-0.39, 0.29) is 40.3 Å². The van der Waals surface area contributed by atoms with Crippen molar-refractivity contribution in [3.05, 3.63) is 53.1 Å². The van der Waals surface area contributed by atoms with Gasteiger partial charge in [0.15, 0.2) is 5.82 Å². The van der Waals surface area contributed by atoms with E-state index >= 15 is 4.39 Å². The van der Waals surface area contributed by atoms with Crippen molar-refractivity contribution in [3.8, 4) is 28.6 Å². The Bertz CT molecular complexity index is 1270. The van der Waals surface area contributed by atoms with Gasteiger partial charge in [-0.3, -0.25) is 14.3 Å². The van der Waals surface area contributed by atoms with Gasteiger partial charge in [0.2, 0.25) is 5.82 Å². The SMILES string of the molecule is CCNC(=O)c1nnc(-c2cc(C(C)C)c(O)cc2O)n1-c1ccc(CN2CCN(CC)CC2)cc1F. The van der Waals surface area contributed by atoms with Crippen LogP contribution < -0.4 is 5.32 Å². The minimum atomic E-state index is -0.529. The Kier molecular flexibility index (Phi) is 8.09. The van der Waals surface area contributed by atoms with E-state index in [4.69, 9.17) is 0 Å². The van der Waals surface area contributed by atoms with Gasteiger partial charge in [0.25, 0.3) is 5.91 Å². The number of nitrogens with zero attached hydrogens (tertiary/aromatic N) is 5. The Morgan fingerprint density at radius 2 is 1.73 bits per heavy atom. The lowest BCUT2D eigenvalue weighted by atomic mass is 9.98. The van der Waals surface area contributed by atoms with Gasteiger partial charge >= 0.3 is 0 Å². The highest BCUT2D eigenvalue weighted by Gasteiger charge is 2.26. The number of hydrogen-bond donors (Lipinski definition) is 3. The molecule has 198 valence electrons. The van der Waals surface area contributed by atoms with Crippen LogP contribution in [0.25, 0.3) is 17.1 Å². The summed E-state index contributed by atoms with van der Waals surface area (Å²) in [5, 5.41) is 31.8. The number of carbonyl (C=O) groups excluding carboxylic acids is 1. The second kappa shape index (κ2) is 11.3. The van der Waals surface area contributed by atoms with Gasteiger partial charge in [-0.25, -0.2) is 4.39 Å². The molecule has 0 spiro atoms. The molecule has 1 aliphatic rings. The summed E-state index contributed by atoms with van der Waals surface area (Å²) in [4.78, 5) is 17.5. The number of carbonyl (C=O) groups is 1. The standard InChI is InChI=1S/C27H35FN6O3/c1-5-29-27(37)26-31-30-25(20-14-19(17(3)4)23(35)15-24(20)36)34(26)22-8-7-18(13-21(22)28)16-33-11-9-32(6-2)10-12-33/h7-8,13-15,17,35-36H,5-6,9-12,16H2,1-4H3,(H,29,37). The monoisotopic (exact) mass is 510 g/mol. The molecule has 4 rings (SSSR count). The Hall–Kier alpha value is -3.50. The summed E-state index contributed by atoms with van der Waals surface area (Å²) >= 11 is 0. The highest BCUT2D eigenvalue weighted by atomic mass is 19.1. The molecule has 9 nitrogen and oxygen atoms in total. The van der Waals surface area contributed by atoms with Gasteiger partial charge in [-0.05, 0) is 48.7 Å². The zero-order valence-electron chi connectivity index (χ0n) is 21.8. The summed E-state index contributed by atoms with van der Waals surface area (Å²) in [6, 6.07) is 7.76. The van der Waals surface area contributed by atoms with Crippen LogP contribution in [-0.2, 0) is 6.54 Å². The first kappa shape index (κ1) is 26.6. The van der Waals surface area contributed by atoms with E-state index in [2.05, 4.69) is 32.2 Å². The van der Waals surface area contributed by atoms with Gasteiger partial charge in [-0.15, -0.1) is 10.2 Å². The van der Waals surface area contributed by atoms with E-state index in [0.717, 1.165) is 38.3 Å². The molecule has 1 fully saturated rings. The van der Waals surface area contributed by atoms with Gasteiger partial charge in [0.1, 0.15) is 17.3 Å². The van der Waals surface area contributed by atoms with E-state index in [1.54, 1.807) is 19.1 Å². The second-order valence-corrected chi connectivity index (χ2v) is 9.62. The third-order valence-electron chi connectivity index (χ3n) is 6.78. The zero-order valence-corrected chi connectivity index (χ0v) is 21.8. The molecule has 0 unspecified atom stereocenters. The number of amides is 1. The molecule has 0 bridgehead atoms. The number of hydrogen-bond acceptors (Lipinski definition) is 7. The molecule has 1 saturated heterocycles. The number of likely N-dealkylation sites (N-methyl/N-ethyl adjacent to an activating group) is 1. The number of benzene rings is 2. The summed E-state index contributed by atoms with van der Waals surface area (Å²) in [5.74, 6) is -1.39. The van der Waals surface area contributed by atoms with Crippen molar-refractivity contribution in [2.75, 3.05) is 39.3 Å². The molecule has 10 heteroatoms. The molecule has 37 heavy (non-hydrogen) atoms. The summed E-state index contributed by atoms with van der Waals surface area (Å²) in [6.45, 7) is 13.6. The second-order valence-electron chi connectivity index (χ2n) is 9.62. The van der Waals surface area contributed by atoms with Crippen molar-refractivity contribution in [2.45, 2.75) is 40.2 Å². The number of phenolic OH excluding ortho intramolecular Hbond substituents is 2. The van der Waals surface area contributed by atoms with Crippen LogP contribution in [0.3, 0.4) is 0 Å². The molecule has 0 atom stereocenters. The lowest BCUT2D eigenvalue weighted by molar-refractivity contribution is 0.0943. The highest BCUT2D eigenvalue weighted by Crippen LogP contribution is 2.38. The molecular formula is C27H35FN6O3. The lowest BCUT2D eigenvalue weighted by Gasteiger charge is -2.34. The van der Waals surface area contributed by atoms with Crippen LogP contribution in [0, 0.1) is 5.82 Å². The predicted octanol–water partition coefficient (Wildman–Crippen LogP) is 3.50. The van der Waals surface area contributed by atoms with Crippen molar-refractivity contribution in [2.24, 2.45) is 0 Å². The minimum absolute atomic E-state index is 0.0474. The molecule has 2 aromatic carbocycles. The zero-order chi connectivity index (χ0) is 26.7. The van der Waals surface area contributed by atoms with E-state index in [0.29, 0.717) is 18.7 Å². The van der Waals surface area contributed by atoms with Crippen LogP contribution in [0.4, 0.5) is 4.39 Å². The highest BCUT2D eigenvalue weighted by molar-refractivity contribution is 5.92. The summed E-state index contributed by atoms with van der Waals surface area (Å²) in [6.07, 6.45) is 0. The smallest absolute Gasteiger partial charge is 0.289 e. The third kappa shape index (κ3) is 5.60. The molecule has 0 saturated carbocycles. The predicted molar refractivity (Wildman–Crippen MR) is 140 cm³/mol. The van der Waals surface area contributed by atoms with E-state index < -0.39 is 11.7 Å². The van der Waals surface area contributed by atoms with Gasteiger partial charge < -0.3 is 20.4 Å². The first-order valence-electron chi connectivity index (χ1n) is 12.8. The molecular weight excluding hydrogens is 475 g/mol. The lowest BCUT2D eigenvalue weighted by Crippen LogP contribution is -2.45. The van der Waals surface area contributed by atoms with Crippen LogP contribution in [0.2, 0.25) is 0 Å². The normalized spacial score (nSPS) is 14.9. The third-order valence-corrected chi connectivity index (χ3v) is 6.78. The molecule has 3 N–H and O–H groups in total. The number of aromatic nitrogens is 3. The van der Waals surface area contributed by atoms with Crippen LogP contribution in [0.5, 0.6) is 11.5 Å². The summed E-state index contributed by atoms with van der Waals surface area (Å²) in [5.41, 5.74) is 1.75. The number of halogens is 1. The average molecular weight is 511 g/mol. The Balaban J connectivity index is 1.75. The fourth-order valence-corrected chi connectivity index (χ4v) is 4.66. The van der Waals surface area contributed by atoms with Crippen molar-refractivity contribution in [1.82, 2.24) is 29.9 Å². The molecule has 1 amide bonds. The summed E-state index contributed by atoms with van der Waals surface area (Å²) in [7, 11) is 0.